The molecule has 3 heterocycles. The molecule has 1 aliphatic rings. The monoisotopic (exact) mass is 466 g/mol. The Kier molecular flexibility index (Phi) is 6.69. The third kappa shape index (κ3) is 5.28. The highest BCUT2D eigenvalue weighted by atomic mass is 35.5. The van der Waals surface area contributed by atoms with Crippen LogP contribution in [0.1, 0.15) is 34.6 Å². The summed E-state index contributed by atoms with van der Waals surface area (Å²) in [4.78, 5) is 22.7. The van der Waals surface area contributed by atoms with Crippen molar-refractivity contribution in [3.8, 4) is 0 Å². The van der Waals surface area contributed by atoms with Crippen LogP contribution in [0.2, 0.25) is 10.4 Å². The number of benzene rings is 1. The van der Waals surface area contributed by atoms with Crippen LogP contribution < -0.4 is 10.8 Å². The first kappa shape index (κ1) is 22.9. The second-order valence-corrected chi connectivity index (χ2v) is 9.42. The molecule has 1 fully saturated rings. The lowest BCUT2D eigenvalue weighted by Crippen LogP contribution is -2.41. The number of nitrogens with zero attached hydrogens (tertiary/aromatic N) is 3. The Morgan fingerprint density at radius 1 is 1.10 bits per heavy atom. The van der Waals surface area contributed by atoms with Gasteiger partial charge in [0.2, 0.25) is 11.2 Å². The topological polar surface area (TPSA) is 86.2 Å². The molecule has 7 nitrogen and oxygen atoms in total. The van der Waals surface area contributed by atoms with E-state index >= 15 is 0 Å². The lowest BCUT2D eigenvalue weighted by atomic mass is 9.79. The van der Waals surface area contributed by atoms with Crippen molar-refractivity contribution < 1.29 is 14.1 Å². The maximum atomic E-state index is 11.1. The summed E-state index contributed by atoms with van der Waals surface area (Å²) in [5.41, 5.74) is 1.10. The summed E-state index contributed by atoms with van der Waals surface area (Å²) >= 11 is 12.2. The molecular formula is C19H21BCl2N4O3S. The molecule has 0 bridgehead atoms. The van der Waals surface area contributed by atoms with Crippen LogP contribution >= 0.6 is 34.5 Å². The number of thiazole rings is 1. The van der Waals surface area contributed by atoms with Crippen LogP contribution in [-0.2, 0) is 14.1 Å². The lowest BCUT2D eigenvalue weighted by Gasteiger charge is -2.32. The molecular weight excluding hydrogens is 446 g/mol. The minimum atomic E-state index is -0.388. The van der Waals surface area contributed by atoms with Crippen molar-refractivity contribution in [2.45, 2.75) is 45.8 Å². The van der Waals surface area contributed by atoms with Crippen molar-refractivity contribution in [1.82, 2.24) is 15.0 Å². The summed E-state index contributed by atoms with van der Waals surface area (Å²) < 4.78 is 13.1. The van der Waals surface area contributed by atoms with E-state index in [1.807, 2.05) is 45.9 Å². The van der Waals surface area contributed by atoms with E-state index in [1.54, 1.807) is 6.07 Å². The van der Waals surface area contributed by atoms with Gasteiger partial charge < -0.3 is 14.6 Å². The minimum absolute atomic E-state index is 0.120. The molecule has 0 aliphatic carbocycles. The SMILES string of the molecule is CC(=O)Nc1nc2ccc(B3OC(C)(C)C(C)(C)O3)cc2s1.Clc1ccnc(Cl)n1. The van der Waals surface area contributed by atoms with Gasteiger partial charge in [0.25, 0.3) is 0 Å². The Bertz CT molecular complexity index is 1040. The molecule has 0 radical (unpaired) electrons. The summed E-state index contributed by atoms with van der Waals surface area (Å²) in [7, 11) is -0.388. The van der Waals surface area contributed by atoms with Gasteiger partial charge in [-0.3, -0.25) is 4.79 Å². The van der Waals surface area contributed by atoms with E-state index in [1.165, 1.54) is 24.5 Å². The van der Waals surface area contributed by atoms with Crippen LogP contribution in [0.5, 0.6) is 0 Å². The standard InChI is InChI=1S/C15H19BN2O3S.C4H2Cl2N2/c1-9(19)17-13-18-11-7-6-10(8-12(11)22-13)16-20-14(2,3)15(4,5)21-16;5-3-1-2-7-4(6)8-3/h6-8H,1-5H3,(H,17,18,19);1-2H. The molecule has 0 saturated carbocycles. The van der Waals surface area contributed by atoms with E-state index in [9.17, 15) is 4.79 Å². The number of nitrogens with one attached hydrogen (secondary N) is 1. The number of anilines is 1. The van der Waals surface area contributed by atoms with Gasteiger partial charge in [-0.25, -0.2) is 15.0 Å². The molecule has 0 unspecified atom stereocenters. The first-order valence-corrected chi connectivity index (χ1v) is 10.7. The van der Waals surface area contributed by atoms with Gasteiger partial charge in [-0.05, 0) is 63.0 Å². The number of hydrogen-bond donors (Lipinski definition) is 1. The predicted octanol–water partition coefficient (Wildman–Crippen LogP) is 4.34. The fourth-order valence-corrected chi connectivity index (χ4v) is 3.87. The van der Waals surface area contributed by atoms with Gasteiger partial charge in [0.1, 0.15) is 5.15 Å². The molecule has 1 saturated heterocycles. The zero-order valence-corrected chi connectivity index (χ0v) is 19.5. The first-order valence-electron chi connectivity index (χ1n) is 9.14. The Morgan fingerprint density at radius 2 is 1.77 bits per heavy atom. The number of halogens is 2. The number of amides is 1. The largest absolute Gasteiger partial charge is 0.494 e. The van der Waals surface area contributed by atoms with E-state index in [2.05, 4.69) is 20.3 Å². The lowest BCUT2D eigenvalue weighted by molar-refractivity contribution is -0.114. The third-order valence-electron chi connectivity index (χ3n) is 4.81. The number of carbonyl (C=O) groups excluding carboxylic acids is 1. The Hall–Kier alpha value is -1.78. The number of fused-ring (bicyclic) bond motifs is 1. The average Bonchev–Trinajstić information content (AvgIpc) is 3.10. The maximum Gasteiger partial charge on any atom is 0.494 e. The van der Waals surface area contributed by atoms with Crippen LogP contribution in [0.25, 0.3) is 10.2 Å². The molecule has 11 heteroatoms. The normalized spacial score (nSPS) is 16.8. The molecule has 1 aliphatic heterocycles. The van der Waals surface area contributed by atoms with Crippen molar-refractivity contribution >= 4 is 68.4 Å². The molecule has 3 aromatic rings. The summed E-state index contributed by atoms with van der Waals surface area (Å²) in [6.07, 6.45) is 1.50. The third-order valence-corrected chi connectivity index (χ3v) is 6.14. The Labute approximate surface area is 189 Å². The molecule has 1 aromatic carbocycles. The van der Waals surface area contributed by atoms with Crippen molar-refractivity contribution in [2.75, 3.05) is 5.32 Å². The van der Waals surface area contributed by atoms with Crippen LogP contribution in [0.15, 0.2) is 30.5 Å². The van der Waals surface area contributed by atoms with E-state index in [4.69, 9.17) is 32.5 Å². The highest BCUT2D eigenvalue weighted by molar-refractivity contribution is 7.22. The number of aromatic nitrogens is 3. The number of hydrogen-bond acceptors (Lipinski definition) is 7. The fourth-order valence-electron chi connectivity index (χ4n) is 2.59. The van der Waals surface area contributed by atoms with Crippen LogP contribution in [0, 0.1) is 0 Å². The van der Waals surface area contributed by atoms with Gasteiger partial charge in [-0.1, -0.05) is 29.0 Å². The second kappa shape index (κ2) is 8.76. The van der Waals surface area contributed by atoms with Gasteiger partial charge in [0.05, 0.1) is 21.4 Å². The van der Waals surface area contributed by atoms with Crippen LogP contribution in [0.3, 0.4) is 0 Å². The van der Waals surface area contributed by atoms with Crippen LogP contribution in [0.4, 0.5) is 5.13 Å². The zero-order valence-electron chi connectivity index (χ0n) is 17.2. The van der Waals surface area contributed by atoms with Crippen molar-refractivity contribution in [3.63, 3.8) is 0 Å². The molecule has 2 aromatic heterocycles. The molecule has 1 N–H and O–H groups in total. The summed E-state index contributed by atoms with van der Waals surface area (Å²) in [5, 5.41) is 3.86. The quantitative estimate of drug-likeness (QED) is 0.343. The number of rotatable bonds is 2. The number of carbonyl (C=O) groups is 1. The van der Waals surface area contributed by atoms with E-state index in [0.29, 0.717) is 10.3 Å². The highest BCUT2D eigenvalue weighted by Gasteiger charge is 2.51. The van der Waals surface area contributed by atoms with Crippen molar-refractivity contribution in [3.05, 3.63) is 40.9 Å². The molecule has 30 heavy (non-hydrogen) atoms. The second-order valence-electron chi connectivity index (χ2n) is 7.66. The van der Waals surface area contributed by atoms with Crippen molar-refractivity contribution in [1.29, 1.82) is 0 Å². The smallest absolute Gasteiger partial charge is 0.399 e. The Balaban J connectivity index is 0.000000269. The average molecular weight is 467 g/mol. The summed E-state index contributed by atoms with van der Waals surface area (Å²) in [6, 6.07) is 7.47. The predicted molar refractivity (Wildman–Crippen MR) is 122 cm³/mol. The molecule has 1 amide bonds. The van der Waals surface area contributed by atoms with Crippen LogP contribution in [-0.4, -0.2) is 39.2 Å². The van der Waals surface area contributed by atoms with Gasteiger partial charge in [-0.15, -0.1) is 0 Å². The van der Waals surface area contributed by atoms with E-state index < -0.39 is 0 Å². The molecule has 0 spiro atoms. The minimum Gasteiger partial charge on any atom is -0.399 e. The molecule has 4 rings (SSSR count). The van der Waals surface area contributed by atoms with Gasteiger partial charge in [0.15, 0.2) is 5.13 Å². The summed E-state index contributed by atoms with van der Waals surface area (Å²) in [6.45, 7) is 9.61. The fraction of sp³-hybridized carbons (Fsp3) is 0.368. The summed E-state index contributed by atoms with van der Waals surface area (Å²) in [5.74, 6) is -0.120. The van der Waals surface area contributed by atoms with Gasteiger partial charge in [0, 0.05) is 13.1 Å². The van der Waals surface area contributed by atoms with Gasteiger partial charge in [-0.2, -0.15) is 0 Å². The van der Waals surface area contributed by atoms with E-state index in [0.717, 1.165) is 15.7 Å². The van der Waals surface area contributed by atoms with Crippen molar-refractivity contribution in [2.24, 2.45) is 0 Å². The molecule has 0 atom stereocenters. The molecule has 158 valence electrons. The van der Waals surface area contributed by atoms with E-state index in [-0.39, 0.29) is 29.5 Å². The highest BCUT2D eigenvalue weighted by Crippen LogP contribution is 2.37. The Morgan fingerprint density at radius 3 is 2.30 bits per heavy atom. The first-order chi connectivity index (χ1) is 14.0. The zero-order chi connectivity index (χ0) is 22.1. The maximum absolute atomic E-state index is 11.1. The van der Waals surface area contributed by atoms with Gasteiger partial charge >= 0.3 is 7.12 Å².